The Labute approximate surface area is 171 Å². The molecule has 1 heterocycles. The van der Waals surface area contributed by atoms with Gasteiger partial charge in [0.1, 0.15) is 17.4 Å². The Morgan fingerprint density at radius 2 is 1.57 bits per heavy atom. The van der Waals surface area contributed by atoms with Crippen LogP contribution in [0.3, 0.4) is 0 Å². The van der Waals surface area contributed by atoms with Crippen LogP contribution in [0.5, 0.6) is 0 Å². The number of hydrogen-bond acceptors (Lipinski definition) is 3. The van der Waals surface area contributed by atoms with E-state index in [4.69, 9.17) is 0 Å². The van der Waals surface area contributed by atoms with Gasteiger partial charge < -0.3 is 5.11 Å². The molecule has 0 aromatic heterocycles. The predicted octanol–water partition coefficient (Wildman–Crippen LogP) is 4.90. The zero-order valence-corrected chi connectivity index (χ0v) is 16.0. The third-order valence-electron chi connectivity index (χ3n) is 5.04. The standard InChI is InChI=1S/C24H17F2NO3/c1-14-5-7-15(8-6-14)22(28)20-21(16-3-2-4-18(26)13-16)27(24(30)23(20)29)19-11-9-17(25)10-12-19/h2-13,21,28H,1H3. The van der Waals surface area contributed by atoms with Crippen LogP contribution in [-0.4, -0.2) is 16.8 Å². The van der Waals surface area contributed by atoms with Gasteiger partial charge in [0.15, 0.2) is 0 Å². The van der Waals surface area contributed by atoms with Gasteiger partial charge in [0.2, 0.25) is 0 Å². The van der Waals surface area contributed by atoms with E-state index >= 15 is 0 Å². The van der Waals surface area contributed by atoms with Gasteiger partial charge in [-0.25, -0.2) is 8.78 Å². The van der Waals surface area contributed by atoms with E-state index in [1.807, 2.05) is 6.92 Å². The third-order valence-corrected chi connectivity index (χ3v) is 5.04. The number of halogens is 2. The first-order valence-electron chi connectivity index (χ1n) is 9.26. The van der Waals surface area contributed by atoms with E-state index in [2.05, 4.69) is 0 Å². The minimum absolute atomic E-state index is 0.154. The number of anilines is 1. The van der Waals surface area contributed by atoms with Crippen molar-refractivity contribution in [3.63, 3.8) is 0 Å². The second kappa shape index (κ2) is 7.55. The van der Waals surface area contributed by atoms with Gasteiger partial charge in [0.05, 0.1) is 11.6 Å². The number of rotatable bonds is 3. The molecule has 0 saturated carbocycles. The van der Waals surface area contributed by atoms with Crippen molar-refractivity contribution in [1.82, 2.24) is 0 Å². The number of aryl methyl sites for hydroxylation is 1. The zero-order chi connectivity index (χ0) is 21.4. The fraction of sp³-hybridized carbons (Fsp3) is 0.0833. The summed E-state index contributed by atoms with van der Waals surface area (Å²) in [5.41, 5.74) is 1.74. The summed E-state index contributed by atoms with van der Waals surface area (Å²) >= 11 is 0. The molecule has 1 unspecified atom stereocenters. The van der Waals surface area contributed by atoms with Crippen LogP contribution < -0.4 is 4.90 Å². The number of amides is 1. The zero-order valence-electron chi connectivity index (χ0n) is 16.0. The lowest BCUT2D eigenvalue weighted by atomic mass is 9.95. The van der Waals surface area contributed by atoms with Crippen molar-refractivity contribution in [2.75, 3.05) is 4.90 Å². The van der Waals surface area contributed by atoms with Crippen molar-refractivity contribution < 1.29 is 23.5 Å². The highest BCUT2D eigenvalue weighted by Crippen LogP contribution is 2.42. The molecule has 0 spiro atoms. The molecule has 1 amide bonds. The van der Waals surface area contributed by atoms with Gasteiger partial charge >= 0.3 is 0 Å². The maximum absolute atomic E-state index is 14.0. The molecule has 1 aliphatic heterocycles. The highest BCUT2D eigenvalue weighted by atomic mass is 19.1. The number of Topliss-reactive ketones (excluding diaryl/α,β-unsaturated/α-hetero) is 1. The Hall–Kier alpha value is -3.80. The molecule has 1 saturated heterocycles. The maximum Gasteiger partial charge on any atom is 0.300 e. The molecule has 30 heavy (non-hydrogen) atoms. The Balaban J connectivity index is 1.95. The number of ketones is 1. The largest absolute Gasteiger partial charge is 0.507 e. The smallest absolute Gasteiger partial charge is 0.300 e. The lowest BCUT2D eigenvalue weighted by molar-refractivity contribution is -0.132. The Morgan fingerprint density at radius 1 is 0.900 bits per heavy atom. The molecule has 1 atom stereocenters. The molecule has 3 aromatic rings. The highest BCUT2D eigenvalue weighted by molar-refractivity contribution is 6.51. The summed E-state index contributed by atoms with van der Waals surface area (Å²) in [6.07, 6.45) is 0. The Bertz CT molecular complexity index is 1170. The summed E-state index contributed by atoms with van der Waals surface area (Å²) in [4.78, 5) is 27.0. The number of carbonyl (C=O) groups excluding carboxylic acids is 2. The van der Waals surface area contributed by atoms with Gasteiger partial charge in [-0.1, -0.05) is 42.0 Å². The van der Waals surface area contributed by atoms with Crippen LogP contribution in [0.15, 0.2) is 78.4 Å². The van der Waals surface area contributed by atoms with Crippen LogP contribution in [-0.2, 0) is 9.59 Å². The molecule has 3 aromatic carbocycles. The van der Waals surface area contributed by atoms with Crippen molar-refractivity contribution in [2.45, 2.75) is 13.0 Å². The Kier molecular flexibility index (Phi) is 4.91. The summed E-state index contributed by atoms with van der Waals surface area (Å²) < 4.78 is 27.4. The fourth-order valence-electron chi connectivity index (χ4n) is 3.56. The first kappa shape index (κ1) is 19.5. The fourth-order valence-corrected chi connectivity index (χ4v) is 3.56. The summed E-state index contributed by atoms with van der Waals surface area (Å²) in [7, 11) is 0. The first-order valence-corrected chi connectivity index (χ1v) is 9.26. The minimum Gasteiger partial charge on any atom is -0.507 e. The van der Waals surface area contributed by atoms with E-state index in [9.17, 15) is 23.5 Å². The van der Waals surface area contributed by atoms with Gasteiger partial charge in [-0.15, -0.1) is 0 Å². The topological polar surface area (TPSA) is 57.6 Å². The molecule has 4 nitrogen and oxygen atoms in total. The average molecular weight is 405 g/mol. The van der Waals surface area contributed by atoms with E-state index < -0.39 is 29.4 Å². The van der Waals surface area contributed by atoms with E-state index in [0.29, 0.717) is 11.1 Å². The Morgan fingerprint density at radius 3 is 2.20 bits per heavy atom. The number of hydrogen-bond donors (Lipinski definition) is 1. The van der Waals surface area contributed by atoms with Gasteiger partial charge in [-0.05, 0) is 48.9 Å². The molecule has 1 fully saturated rings. The number of carbonyl (C=O) groups is 2. The van der Waals surface area contributed by atoms with E-state index in [0.717, 1.165) is 22.6 Å². The molecule has 4 rings (SSSR count). The molecule has 1 aliphatic rings. The summed E-state index contributed by atoms with van der Waals surface area (Å²) in [6.45, 7) is 1.88. The molecular formula is C24H17F2NO3. The molecular weight excluding hydrogens is 388 g/mol. The molecule has 0 bridgehead atoms. The summed E-state index contributed by atoms with van der Waals surface area (Å²) in [5.74, 6) is -3.19. The van der Waals surface area contributed by atoms with Crippen molar-refractivity contribution in [3.8, 4) is 0 Å². The van der Waals surface area contributed by atoms with Gasteiger partial charge in [-0.3, -0.25) is 14.5 Å². The van der Waals surface area contributed by atoms with Crippen LogP contribution in [0.1, 0.15) is 22.7 Å². The predicted molar refractivity (Wildman–Crippen MR) is 109 cm³/mol. The lowest BCUT2D eigenvalue weighted by Crippen LogP contribution is -2.29. The summed E-state index contributed by atoms with van der Waals surface area (Å²) in [5, 5.41) is 10.9. The van der Waals surface area contributed by atoms with Crippen LogP contribution in [0.4, 0.5) is 14.5 Å². The maximum atomic E-state index is 14.0. The number of nitrogens with zero attached hydrogens (tertiary/aromatic N) is 1. The van der Waals surface area contributed by atoms with Crippen LogP contribution in [0.25, 0.3) is 5.76 Å². The average Bonchev–Trinajstić information content (AvgIpc) is 3.00. The van der Waals surface area contributed by atoms with Gasteiger partial charge in [-0.2, -0.15) is 0 Å². The monoisotopic (exact) mass is 405 g/mol. The van der Waals surface area contributed by atoms with Crippen LogP contribution >= 0.6 is 0 Å². The minimum atomic E-state index is -1.06. The first-order chi connectivity index (χ1) is 14.4. The number of benzene rings is 3. The number of aliphatic hydroxyl groups excluding tert-OH is 1. The SMILES string of the molecule is Cc1ccc(C(O)=C2C(=O)C(=O)N(c3ccc(F)cc3)C2c2cccc(F)c2)cc1. The van der Waals surface area contributed by atoms with E-state index in [1.165, 1.54) is 30.3 Å². The summed E-state index contributed by atoms with van der Waals surface area (Å²) in [6, 6.07) is 16.3. The van der Waals surface area contributed by atoms with Crippen LogP contribution in [0, 0.1) is 18.6 Å². The molecule has 6 heteroatoms. The molecule has 150 valence electrons. The molecule has 1 N–H and O–H groups in total. The molecule has 0 radical (unpaired) electrons. The number of aliphatic hydroxyl groups is 1. The van der Waals surface area contributed by atoms with Gasteiger partial charge in [0.25, 0.3) is 11.7 Å². The second-order valence-corrected chi connectivity index (χ2v) is 7.07. The van der Waals surface area contributed by atoms with Crippen molar-refractivity contribution in [2.24, 2.45) is 0 Å². The van der Waals surface area contributed by atoms with Crippen LogP contribution in [0.2, 0.25) is 0 Å². The van der Waals surface area contributed by atoms with Crippen molar-refractivity contribution in [1.29, 1.82) is 0 Å². The lowest BCUT2D eigenvalue weighted by Gasteiger charge is -2.25. The van der Waals surface area contributed by atoms with Crippen molar-refractivity contribution >= 4 is 23.1 Å². The molecule has 0 aliphatic carbocycles. The van der Waals surface area contributed by atoms with E-state index in [-0.39, 0.29) is 17.0 Å². The van der Waals surface area contributed by atoms with Gasteiger partial charge in [0, 0.05) is 11.3 Å². The quantitative estimate of drug-likeness (QED) is 0.383. The van der Waals surface area contributed by atoms with Crippen molar-refractivity contribution in [3.05, 3.63) is 107 Å². The normalized spacial score (nSPS) is 18.1. The highest BCUT2D eigenvalue weighted by Gasteiger charge is 2.47. The third kappa shape index (κ3) is 3.37. The second-order valence-electron chi connectivity index (χ2n) is 7.07. The van der Waals surface area contributed by atoms with E-state index in [1.54, 1.807) is 30.3 Å².